The van der Waals surface area contributed by atoms with E-state index in [-0.39, 0.29) is 0 Å². The first-order valence-corrected chi connectivity index (χ1v) is 3.83. The number of hydrogen-bond acceptors (Lipinski definition) is 2. The highest BCUT2D eigenvalue weighted by atomic mass is 15.2. The Morgan fingerprint density at radius 2 is 2.50 bits per heavy atom. The van der Waals surface area contributed by atoms with E-state index in [2.05, 4.69) is 18.3 Å². The smallest absolute Gasteiger partial charge is 0.0569 e. The molecule has 0 aliphatic heterocycles. The van der Waals surface area contributed by atoms with E-state index in [1.54, 1.807) is 17.1 Å². The topological polar surface area (TPSA) is 43.8 Å². The summed E-state index contributed by atoms with van der Waals surface area (Å²) in [4.78, 5) is 0. The van der Waals surface area contributed by atoms with Crippen molar-refractivity contribution >= 4 is 11.8 Å². The van der Waals surface area contributed by atoms with Crippen molar-refractivity contribution in [2.45, 2.75) is 6.42 Å². The van der Waals surface area contributed by atoms with Crippen LogP contribution in [0.3, 0.4) is 0 Å². The van der Waals surface area contributed by atoms with Gasteiger partial charge in [-0.15, -0.1) is 0 Å². The lowest BCUT2D eigenvalue weighted by Gasteiger charge is -1.97. The second kappa shape index (κ2) is 3.88. The van der Waals surface area contributed by atoms with Crippen LogP contribution in [0.15, 0.2) is 25.6 Å². The monoisotopic (exact) mass is 163 g/mol. The third-order valence-corrected chi connectivity index (χ3v) is 1.64. The van der Waals surface area contributed by atoms with Crippen LogP contribution in [0.5, 0.6) is 0 Å². The molecule has 0 fully saturated rings. The first kappa shape index (κ1) is 8.74. The molecule has 0 saturated carbocycles. The van der Waals surface area contributed by atoms with E-state index in [9.17, 15) is 0 Å². The Morgan fingerprint density at radius 1 is 1.75 bits per heavy atom. The third-order valence-electron chi connectivity index (χ3n) is 1.64. The van der Waals surface area contributed by atoms with E-state index in [1.165, 1.54) is 0 Å². The van der Waals surface area contributed by atoms with E-state index in [0.29, 0.717) is 6.54 Å². The zero-order valence-corrected chi connectivity index (χ0v) is 7.03. The summed E-state index contributed by atoms with van der Waals surface area (Å²) in [5.74, 6) is 0. The highest BCUT2D eigenvalue weighted by Crippen LogP contribution is 2.13. The van der Waals surface area contributed by atoms with Gasteiger partial charge in [-0.1, -0.05) is 13.2 Å². The van der Waals surface area contributed by atoms with Crippen molar-refractivity contribution in [3.63, 3.8) is 0 Å². The minimum absolute atomic E-state index is 0.623. The lowest BCUT2D eigenvalue weighted by molar-refractivity contribution is 0.937. The highest BCUT2D eigenvalue weighted by molar-refractivity contribution is 5.62. The molecule has 3 heteroatoms. The molecule has 0 radical (unpaired) electrons. The lowest BCUT2D eigenvalue weighted by Crippen LogP contribution is -1.98. The predicted octanol–water partition coefficient (Wildman–Crippen LogP) is 1.35. The molecule has 1 rings (SSSR count). The number of aromatic nitrogens is 2. The van der Waals surface area contributed by atoms with E-state index >= 15 is 0 Å². The number of nitrogens with two attached hydrogens (primary N) is 1. The van der Waals surface area contributed by atoms with Crippen LogP contribution in [-0.2, 0) is 0 Å². The molecule has 1 aromatic heterocycles. The average molecular weight is 163 g/mol. The molecule has 0 saturated heterocycles. The van der Waals surface area contributed by atoms with Crippen molar-refractivity contribution in [1.82, 2.24) is 9.78 Å². The molecule has 1 heterocycles. The summed E-state index contributed by atoms with van der Waals surface area (Å²) in [6.07, 6.45) is 6.09. The van der Waals surface area contributed by atoms with Crippen LogP contribution in [-0.4, -0.2) is 16.3 Å². The third kappa shape index (κ3) is 1.83. The molecule has 0 amide bonds. The van der Waals surface area contributed by atoms with Crippen LogP contribution in [0.2, 0.25) is 0 Å². The minimum atomic E-state index is 0.623. The molecule has 0 unspecified atom stereocenters. The largest absolute Gasteiger partial charge is 0.330 e. The van der Waals surface area contributed by atoms with E-state index in [4.69, 9.17) is 5.73 Å². The standard InChI is InChI=1S/C9H13N3/c1-3-12-7-9(6-11-12)8(2)4-5-10/h3,6-7H,1-2,4-5,10H2. The SMILES string of the molecule is C=Cn1cc(C(=C)CCN)cn1. The Hall–Kier alpha value is -1.35. The fourth-order valence-corrected chi connectivity index (χ4v) is 0.939. The Labute approximate surface area is 72.2 Å². The minimum Gasteiger partial charge on any atom is -0.330 e. The summed E-state index contributed by atoms with van der Waals surface area (Å²) < 4.78 is 1.65. The summed E-state index contributed by atoms with van der Waals surface area (Å²) in [6, 6.07) is 0. The van der Waals surface area contributed by atoms with Crippen LogP contribution in [0.1, 0.15) is 12.0 Å². The molecule has 12 heavy (non-hydrogen) atoms. The molecule has 3 nitrogen and oxygen atoms in total. The van der Waals surface area contributed by atoms with Crippen molar-refractivity contribution in [2.75, 3.05) is 6.54 Å². The molecular formula is C9H13N3. The van der Waals surface area contributed by atoms with Gasteiger partial charge in [0.05, 0.1) is 6.20 Å². The maximum absolute atomic E-state index is 5.40. The van der Waals surface area contributed by atoms with Crippen molar-refractivity contribution < 1.29 is 0 Å². The summed E-state index contributed by atoms with van der Waals surface area (Å²) >= 11 is 0. The summed E-state index contributed by atoms with van der Waals surface area (Å²) in [5.41, 5.74) is 7.45. The molecule has 0 spiro atoms. The molecule has 64 valence electrons. The van der Waals surface area contributed by atoms with Crippen LogP contribution in [0.25, 0.3) is 11.8 Å². The summed E-state index contributed by atoms with van der Waals surface area (Å²) in [5, 5.41) is 4.03. The first-order chi connectivity index (χ1) is 5.77. The number of hydrogen-bond donors (Lipinski definition) is 1. The van der Waals surface area contributed by atoms with Crippen LogP contribution in [0, 0.1) is 0 Å². The Balaban J connectivity index is 2.74. The lowest BCUT2D eigenvalue weighted by atomic mass is 10.1. The van der Waals surface area contributed by atoms with Gasteiger partial charge in [0.15, 0.2) is 0 Å². The van der Waals surface area contributed by atoms with E-state index in [0.717, 1.165) is 17.6 Å². The van der Waals surface area contributed by atoms with Gasteiger partial charge in [0.2, 0.25) is 0 Å². The van der Waals surface area contributed by atoms with E-state index in [1.807, 2.05) is 6.20 Å². The van der Waals surface area contributed by atoms with E-state index < -0.39 is 0 Å². The van der Waals surface area contributed by atoms with Crippen molar-refractivity contribution in [3.8, 4) is 0 Å². The molecule has 2 N–H and O–H groups in total. The second-order valence-corrected chi connectivity index (χ2v) is 2.53. The molecule has 0 bridgehead atoms. The fraction of sp³-hybridized carbons (Fsp3) is 0.222. The van der Waals surface area contributed by atoms with Gasteiger partial charge >= 0.3 is 0 Å². The van der Waals surface area contributed by atoms with Crippen LogP contribution >= 0.6 is 0 Å². The zero-order chi connectivity index (χ0) is 8.97. The number of rotatable bonds is 4. The highest BCUT2D eigenvalue weighted by Gasteiger charge is 1.99. The first-order valence-electron chi connectivity index (χ1n) is 3.83. The van der Waals surface area contributed by atoms with Gasteiger partial charge in [0.25, 0.3) is 0 Å². The Kier molecular flexibility index (Phi) is 2.82. The van der Waals surface area contributed by atoms with Gasteiger partial charge in [0.1, 0.15) is 0 Å². The number of nitrogens with zero attached hydrogens (tertiary/aromatic N) is 2. The maximum Gasteiger partial charge on any atom is 0.0569 e. The van der Waals surface area contributed by atoms with Gasteiger partial charge in [-0.2, -0.15) is 5.10 Å². The van der Waals surface area contributed by atoms with Gasteiger partial charge in [0, 0.05) is 18.0 Å². The predicted molar refractivity (Wildman–Crippen MR) is 51.3 cm³/mol. The maximum atomic E-state index is 5.40. The summed E-state index contributed by atoms with van der Waals surface area (Å²) in [6.45, 7) is 8.11. The second-order valence-electron chi connectivity index (χ2n) is 2.53. The van der Waals surface area contributed by atoms with Crippen molar-refractivity contribution in [2.24, 2.45) is 5.73 Å². The molecule has 0 aromatic carbocycles. The Morgan fingerprint density at radius 3 is 3.00 bits per heavy atom. The normalized spacial score (nSPS) is 9.75. The quantitative estimate of drug-likeness (QED) is 0.728. The van der Waals surface area contributed by atoms with Crippen molar-refractivity contribution in [3.05, 3.63) is 31.1 Å². The zero-order valence-electron chi connectivity index (χ0n) is 7.03. The van der Waals surface area contributed by atoms with Gasteiger partial charge in [-0.05, 0) is 18.5 Å². The average Bonchev–Trinajstić information content (AvgIpc) is 2.52. The fourth-order valence-electron chi connectivity index (χ4n) is 0.939. The summed E-state index contributed by atoms with van der Waals surface area (Å²) in [7, 11) is 0. The van der Waals surface area contributed by atoms with Gasteiger partial charge in [-0.3, -0.25) is 0 Å². The Bertz CT molecular complexity index is 286. The van der Waals surface area contributed by atoms with Crippen LogP contribution in [0.4, 0.5) is 0 Å². The van der Waals surface area contributed by atoms with Gasteiger partial charge in [-0.25, -0.2) is 4.68 Å². The van der Waals surface area contributed by atoms with Crippen LogP contribution < -0.4 is 5.73 Å². The van der Waals surface area contributed by atoms with Gasteiger partial charge < -0.3 is 5.73 Å². The van der Waals surface area contributed by atoms with Crippen molar-refractivity contribution in [1.29, 1.82) is 0 Å². The molecule has 1 aromatic rings. The molecular weight excluding hydrogens is 150 g/mol. The molecule has 0 aliphatic carbocycles. The molecule has 0 atom stereocenters. The molecule has 0 aliphatic rings.